The van der Waals surface area contributed by atoms with Crippen LogP contribution in [0.15, 0.2) is 11.3 Å². The molecule has 0 heterocycles. The minimum Gasteiger partial charge on any atom is -0.391 e. The zero-order chi connectivity index (χ0) is 12.9. The van der Waals surface area contributed by atoms with E-state index in [-0.39, 0.29) is 10.8 Å². The molecule has 0 unspecified atom stereocenters. The monoisotopic (exact) mass is 213 g/mol. The highest BCUT2D eigenvalue weighted by molar-refractivity contribution is 5.21. The maximum Gasteiger partial charge on any atom is 0.0153 e. The molecule has 0 fully saturated rings. The lowest BCUT2D eigenvalue weighted by Crippen LogP contribution is -2.26. The first-order valence-corrected chi connectivity index (χ1v) is 6.00. The first-order chi connectivity index (χ1) is 6.60. The molecule has 0 rings (SSSR count). The highest BCUT2D eigenvalue weighted by Crippen LogP contribution is 2.34. The lowest BCUT2D eigenvalue weighted by atomic mass is 9.79. The van der Waals surface area contributed by atoms with Gasteiger partial charge in [0, 0.05) is 18.2 Å². The van der Waals surface area contributed by atoms with Gasteiger partial charge in [-0.15, -0.1) is 0 Å². The third-order valence-electron chi connectivity index (χ3n) is 2.50. The van der Waals surface area contributed by atoms with E-state index in [0.29, 0.717) is 0 Å². The summed E-state index contributed by atoms with van der Waals surface area (Å²) in [5, 5.41) is 3.33. The molecule has 0 bridgehead atoms. The summed E-state index contributed by atoms with van der Waals surface area (Å²) in [5.41, 5.74) is 3.28. The van der Waals surface area contributed by atoms with Gasteiger partial charge in [-0.3, -0.25) is 0 Å². The second-order valence-corrected chi connectivity index (χ2v) is 5.75. The normalized spacial score (nSPS) is 13.7. The standard InChI is InChI=1S/C12H25N.C2H6/c1-9(11(2,3)4)10(13-8)12(5,6)7;1-2/h13H,1-8H3;1-2H3/b10-9+;. The molecule has 0 aromatic rings. The largest absolute Gasteiger partial charge is 0.391 e. The van der Waals surface area contributed by atoms with Gasteiger partial charge in [-0.2, -0.15) is 0 Å². The summed E-state index contributed by atoms with van der Waals surface area (Å²) in [4.78, 5) is 0. The molecule has 0 aliphatic rings. The summed E-state index contributed by atoms with van der Waals surface area (Å²) in [5.74, 6) is 0. The minimum atomic E-state index is 0.214. The van der Waals surface area contributed by atoms with Crippen LogP contribution in [-0.4, -0.2) is 7.05 Å². The number of rotatable bonds is 1. The van der Waals surface area contributed by atoms with Crippen molar-refractivity contribution in [1.29, 1.82) is 0 Å². The fourth-order valence-electron chi connectivity index (χ4n) is 1.50. The molecular formula is C14H31N. The van der Waals surface area contributed by atoms with Crippen molar-refractivity contribution in [3.8, 4) is 0 Å². The molecule has 0 atom stereocenters. The van der Waals surface area contributed by atoms with Crippen LogP contribution in [0.2, 0.25) is 0 Å². The molecular weight excluding hydrogens is 182 g/mol. The molecule has 0 aliphatic heterocycles. The maximum atomic E-state index is 3.33. The van der Waals surface area contributed by atoms with Gasteiger partial charge < -0.3 is 5.32 Å². The minimum absolute atomic E-state index is 0.214. The lowest BCUT2D eigenvalue weighted by Gasteiger charge is -2.31. The van der Waals surface area contributed by atoms with E-state index < -0.39 is 0 Å². The Bertz CT molecular complexity index is 198. The van der Waals surface area contributed by atoms with E-state index in [2.05, 4.69) is 53.8 Å². The van der Waals surface area contributed by atoms with Gasteiger partial charge in [-0.1, -0.05) is 55.4 Å². The van der Waals surface area contributed by atoms with Crippen LogP contribution in [0.3, 0.4) is 0 Å². The van der Waals surface area contributed by atoms with Crippen LogP contribution in [0.25, 0.3) is 0 Å². The van der Waals surface area contributed by atoms with Crippen LogP contribution in [0.1, 0.15) is 62.3 Å². The van der Waals surface area contributed by atoms with Crippen molar-refractivity contribution in [3.05, 3.63) is 11.3 Å². The molecule has 0 aliphatic carbocycles. The molecule has 1 nitrogen and oxygen atoms in total. The van der Waals surface area contributed by atoms with Crippen molar-refractivity contribution in [2.45, 2.75) is 62.3 Å². The Kier molecular flexibility index (Phi) is 7.00. The van der Waals surface area contributed by atoms with Crippen LogP contribution in [0, 0.1) is 10.8 Å². The first kappa shape index (κ1) is 17.0. The summed E-state index contributed by atoms with van der Waals surface area (Å²) in [6.45, 7) is 19.7. The van der Waals surface area contributed by atoms with Gasteiger partial charge in [0.1, 0.15) is 0 Å². The Hall–Kier alpha value is -0.460. The Morgan fingerprint density at radius 1 is 0.800 bits per heavy atom. The summed E-state index contributed by atoms with van der Waals surface area (Å²) in [7, 11) is 2.01. The Balaban J connectivity index is 0. The Morgan fingerprint density at radius 3 is 1.20 bits per heavy atom. The van der Waals surface area contributed by atoms with Crippen LogP contribution >= 0.6 is 0 Å². The predicted molar refractivity (Wildman–Crippen MR) is 72.0 cm³/mol. The van der Waals surface area contributed by atoms with Gasteiger partial charge in [-0.05, 0) is 17.9 Å². The highest BCUT2D eigenvalue weighted by atomic mass is 14.9. The van der Waals surface area contributed by atoms with Crippen molar-refractivity contribution in [2.24, 2.45) is 10.8 Å². The molecule has 0 amide bonds. The van der Waals surface area contributed by atoms with Gasteiger partial charge in [-0.25, -0.2) is 0 Å². The average Bonchev–Trinajstić information content (AvgIpc) is 2.04. The second kappa shape index (κ2) is 6.19. The van der Waals surface area contributed by atoms with Crippen LogP contribution < -0.4 is 5.32 Å². The van der Waals surface area contributed by atoms with E-state index in [4.69, 9.17) is 0 Å². The molecule has 0 aromatic heterocycles. The van der Waals surface area contributed by atoms with Crippen molar-refractivity contribution < 1.29 is 0 Å². The fraction of sp³-hybridized carbons (Fsp3) is 0.857. The smallest absolute Gasteiger partial charge is 0.0153 e. The van der Waals surface area contributed by atoms with Gasteiger partial charge >= 0.3 is 0 Å². The molecule has 1 heteroatoms. The number of hydrogen-bond acceptors (Lipinski definition) is 1. The molecule has 0 saturated heterocycles. The topological polar surface area (TPSA) is 12.0 Å². The van der Waals surface area contributed by atoms with Gasteiger partial charge in [0.2, 0.25) is 0 Å². The van der Waals surface area contributed by atoms with Gasteiger partial charge in [0.25, 0.3) is 0 Å². The Labute approximate surface area is 97.3 Å². The van der Waals surface area contributed by atoms with E-state index >= 15 is 0 Å². The van der Waals surface area contributed by atoms with E-state index in [9.17, 15) is 0 Å². The highest BCUT2D eigenvalue weighted by Gasteiger charge is 2.24. The summed E-state index contributed by atoms with van der Waals surface area (Å²) < 4.78 is 0. The summed E-state index contributed by atoms with van der Waals surface area (Å²) >= 11 is 0. The maximum absolute atomic E-state index is 3.33. The van der Waals surface area contributed by atoms with Crippen molar-refractivity contribution in [2.75, 3.05) is 7.05 Å². The van der Waals surface area contributed by atoms with Crippen molar-refractivity contribution in [3.63, 3.8) is 0 Å². The Morgan fingerprint density at radius 2 is 1.13 bits per heavy atom. The SMILES string of the molecule is CC.CN/C(=C(\C)C(C)(C)C)C(C)(C)C. The van der Waals surface area contributed by atoms with Crippen LogP contribution in [0.4, 0.5) is 0 Å². The zero-order valence-corrected chi connectivity index (χ0v) is 12.5. The molecule has 0 spiro atoms. The van der Waals surface area contributed by atoms with Gasteiger partial charge in [0.05, 0.1) is 0 Å². The average molecular weight is 213 g/mol. The molecule has 0 saturated carbocycles. The van der Waals surface area contributed by atoms with Crippen molar-refractivity contribution >= 4 is 0 Å². The zero-order valence-electron chi connectivity index (χ0n) is 12.5. The molecule has 92 valence electrons. The second-order valence-electron chi connectivity index (χ2n) is 5.75. The summed E-state index contributed by atoms with van der Waals surface area (Å²) in [6.07, 6.45) is 0. The molecule has 1 N–H and O–H groups in total. The third-order valence-corrected chi connectivity index (χ3v) is 2.50. The third kappa shape index (κ3) is 5.86. The molecule has 0 aromatic carbocycles. The number of allylic oxidation sites excluding steroid dienone is 2. The van der Waals surface area contributed by atoms with Crippen molar-refractivity contribution in [1.82, 2.24) is 5.32 Å². The number of hydrogen-bond donors (Lipinski definition) is 1. The summed E-state index contributed by atoms with van der Waals surface area (Å²) in [6, 6.07) is 0. The van der Waals surface area contributed by atoms with E-state index in [1.54, 1.807) is 0 Å². The fourth-order valence-corrected chi connectivity index (χ4v) is 1.50. The quantitative estimate of drug-likeness (QED) is 0.671. The number of nitrogens with one attached hydrogen (secondary N) is 1. The van der Waals surface area contributed by atoms with E-state index in [1.165, 1.54) is 11.3 Å². The van der Waals surface area contributed by atoms with E-state index in [1.807, 2.05) is 20.9 Å². The van der Waals surface area contributed by atoms with Crippen LogP contribution in [-0.2, 0) is 0 Å². The molecule has 15 heavy (non-hydrogen) atoms. The lowest BCUT2D eigenvalue weighted by molar-refractivity contribution is 0.423. The first-order valence-electron chi connectivity index (χ1n) is 6.00. The van der Waals surface area contributed by atoms with Gasteiger partial charge in [0.15, 0.2) is 0 Å². The molecule has 0 radical (unpaired) electrons. The van der Waals surface area contributed by atoms with E-state index in [0.717, 1.165) is 0 Å². The predicted octanol–water partition coefficient (Wildman–Crippen LogP) is 4.60. The van der Waals surface area contributed by atoms with Crippen LogP contribution in [0.5, 0.6) is 0 Å².